The predicted octanol–water partition coefficient (Wildman–Crippen LogP) is 2.84. The summed E-state index contributed by atoms with van der Waals surface area (Å²) in [5.74, 6) is -0.812. The maximum absolute atomic E-state index is 12.9. The standard InChI is InChI=1S/C23H22N4O3/c1-5-27-11-18(20(28)17-8-6-12(2)24-21(17)27)23(30)25-15-7-9-16-13(3)14(4)22(29)26-19(16)10-15/h6-11,16H,5H2,1-4H3,(H,26,29). The van der Waals surface area contributed by atoms with Gasteiger partial charge in [-0.2, -0.15) is 0 Å². The lowest BCUT2D eigenvalue weighted by Crippen LogP contribution is -2.35. The Morgan fingerprint density at radius 2 is 2.00 bits per heavy atom. The summed E-state index contributed by atoms with van der Waals surface area (Å²) in [7, 11) is 0. The molecule has 1 aliphatic carbocycles. The van der Waals surface area contributed by atoms with Crippen LogP contribution < -0.4 is 10.7 Å². The van der Waals surface area contributed by atoms with Crippen molar-refractivity contribution in [3.8, 4) is 0 Å². The van der Waals surface area contributed by atoms with Gasteiger partial charge in [0.1, 0.15) is 11.2 Å². The van der Waals surface area contributed by atoms with Crippen LogP contribution in [0.3, 0.4) is 0 Å². The average Bonchev–Trinajstić information content (AvgIpc) is 2.72. The molecule has 2 aromatic rings. The summed E-state index contributed by atoms with van der Waals surface area (Å²) in [5, 5.41) is 3.24. The Labute approximate surface area is 173 Å². The van der Waals surface area contributed by atoms with Crippen molar-refractivity contribution in [2.45, 2.75) is 34.2 Å². The molecule has 7 heteroatoms. The average molecular weight is 402 g/mol. The van der Waals surface area contributed by atoms with Crippen LogP contribution in [0, 0.1) is 12.8 Å². The number of rotatable bonds is 2. The molecule has 0 bridgehead atoms. The molecule has 4 rings (SSSR count). The Hall–Kier alpha value is -3.61. The summed E-state index contributed by atoms with van der Waals surface area (Å²) >= 11 is 0. The van der Waals surface area contributed by atoms with Gasteiger partial charge in [0, 0.05) is 35.6 Å². The number of pyridine rings is 2. The van der Waals surface area contributed by atoms with E-state index in [1.165, 1.54) is 6.20 Å². The van der Waals surface area contributed by atoms with E-state index in [9.17, 15) is 14.4 Å². The van der Waals surface area contributed by atoms with Crippen molar-refractivity contribution in [1.29, 1.82) is 0 Å². The highest BCUT2D eigenvalue weighted by atomic mass is 16.2. The third-order valence-electron chi connectivity index (χ3n) is 5.62. The molecule has 0 spiro atoms. The van der Waals surface area contributed by atoms with E-state index in [4.69, 9.17) is 0 Å². The smallest absolute Gasteiger partial charge is 0.283 e. The molecule has 152 valence electrons. The van der Waals surface area contributed by atoms with Crippen molar-refractivity contribution in [3.63, 3.8) is 0 Å². The Bertz CT molecular complexity index is 1290. The van der Waals surface area contributed by atoms with E-state index in [0.717, 1.165) is 11.3 Å². The Morgan fingerprint density at radius 1 is 1.23 bits per heavy atom. The van der Waals surface area contributed by atoms with E-state index >= 15 is 0 Å². The number of nitrogens with one attached hydrogen (secondary N) is 1. The number of fused-ring (bicyclic) bond motifs is 2. The molecule has 1 N–H and O–H groups in total. The highest BCUT2D eigenvalue weighted by molar-refractivity contribution is 6.14. The van der Waals surface area contributed by atoms with Crippen LogP contribution in [0.15, 0.2) is 63.2 Å². The molecule has 1 aliphatic heterocycles. The molecule has 30 heavy (non-hydrogen) atoms. The quantitative estimate of drug-likeness (QED) is 0.836. The molecule has 0 fully saturated rings. The topological polar surface area (TPSA) is 93.4 Å². The van der Waals surface area contributed by atoms with E-state index in [0.29, 0.717) is 34.6 Å². The number of carbonyl (C=O) groups excluding carboxylic acids is 2. The first-order valence-corrected chi connectivity index (χ1v) is 9.82. The number of aliphatic imine (C=N–C) groups is 1. The fraction of sp³-hybridized carbons (Fsp3) is 0.261. The first kappa shape index (κ1) is 19.7. The zero-order valence-corrected chi connectivity index (χ0v) is 17.3. The van der Waals surface area contributed by atoms with Gasteiger partial charge < -0.3 is 9.88 Å². The SMILES string of the molecule is CCn1cc(C(=O)N=C2C=CC3C(=C2)NC(=O)C(C)=C3C)c(=O)c2ccc(C)nc21. The summed E-state index contributed by atoms with van der Waals surface area (Å²) in [6.45, 7) is 8.05. The van der Waals surface area contributed by atoms with Gasteiger partial charge in [-0.15, -0.1) is 0 Å². The van der Waals surface area contributed by atoms with Gasteiger partial charge in [0.15, 0.2) is 0 Å². The van der Waals surface area contributed by atoms with Gasteiger partial charge in [0.2, 0.25) is 5.43 Å². The van der Waals surface area contributed by atoms with Crippen LogP contribution in [-0.2, 0) is 11.3 Å². The van der Waals surface area contributed by atoms with Gasteiger partial charge in [-0.1, -0.05) is 11.6 Å². The molecule has 2 aliphatic rings. The minimum Gasteiger partial charge on any atom is -0.332 e. The Balaban J connectivity index is 1.75. The van der Waals surface area contributed by atoms with Crippen molar-refractivity contribution in [1.82, 2.24) is 14.9 Å². The Morgan fingerprint density at radius 3 is 2.73 bits per heavy atom. The minimum atomic E-state index is -0.620. The normalized spacial score (nSPS) is 19.7. The molecule has 1 unspecified atom stereocenters. The van der Waals surface area contributed by atoms with Crippen LogP contribution in [0.1, 0.15) is 36.8 Å². The van der Waals surface area contributed by atoms with E-state index in [2.05, 4.69) is 15.3 Å². The van der Waals surface area contributed by atoms with Crippen molar-refractivity contribution in [3.05, 3.63) is 74.9 Å². The number of nitrogens with zero attached hydrogens (tertiary/aromatic N) is 3. The first-order valence-electron chi connectivity index (χ1n) is 9.82. The van der Waals surface area contributed by atoms with Gasteiger partial charge in [0.05, 0.1) is 11.1 Å². The highest BCUT2D eigenvalue weighted by Gasteiger charge is 2.27. The summed E-state index contributed by atoms with van der Waals surface area (Å²) in [6.07, 6.45) is 6.84. The molecule has 7 nitrogen and oxygen atoms in total. The zero-order valence-electron chi connectivity index (χ0n) is 17.3. The lowest BCUT2D eigenvalue weighted by molar-refractivity contribution is -0.117. The van der Waals surface area contributed by atoms with Gasteiger partial charge >= 0.3 is 0 Å². The number of amides is 2. The third-order valence-corrected chi connectivity index (χ3v) is 5.62. The van der Waals surface area contributed by atoms with Crippen LogP contribution in [-0.4, -0.2) is 27.1 Å². The third kappa shape index (κ3) is 3.22. The predicted molar refractivity (Wildman–Crippen MR) is 115 cm³/mol. The second-order valence-corrected chi connectivity index (χ2v) is 7.52. The number of carbonyl (C=O) groups is 2. The van der Waals surface area contributed by atoms with E-state index < -0.39 is 5.91 Å². The van der Waals surface area contributed by atoms with Gasteiger partial charge in [0.25, 0.3) is 11.8 Å². The fourth-order valence-corrected chi connectivity index (χ4v) is 3.72. The van der Waals surface area contributed by atoms with E-state index in [-0.39, 0.29) is 22.8 Å². The van der Waals surface area contributed by atoms with Crippen LogP contribution in [0.2, 0.25) is 0 Å². The van der Waals surface area contributed by atoms with Crippen molar-refractivity contribution in [2.75, 3.05) is 0 Å². The number of hydrogen-bond acceptors (Lipinski definition) is 4. The molecule has 2 amide bonds. The maximum Gasteiger partial charge on any atom is 0.283 e. The van der Waals surface area contributed by atoms with E-state index in [1.807, 2.05) is 26.8 Å². The molecule has 0 radical (unpaired) electrons. The molecule has 1 atom stereocenters. The fourth-order valence-electron chi connectivity index (χ4n) is 3.72. The van der Waals surface area contributed by atoms with Crippen LogP contribution in [0.5, 0.6) is 0 Å². The van der Waals surface area contributed by atoms with Gasteiger partial charge in [-0.3, -0.25) is 14.4 Å². The molecule has 0 saturated heterocycles. The van der Waals surface area contributed by atoms with Crippen LogP contribution >= 0.6 is 0 Å². The van der Waals surface area contributed by atoms with Crippen molar-refractivity contribution in [2.24, 2.45) is 10.9 Å². The molecular weight excluding hydrogens is 380 g/mol. The Kier molecular flexibility index (Phi) is 4.81. The maximum atomic E-state index is 12.9. The largest absolute Gasteiger partial charge is 0.332 e. The number of aryl methyl sites for hydroxylation is 2. The second kappa shape index (κ2) is 7.33. The summed E-state index contributed by atoms with van der Waals surface area (Å²) in [6, 6.07) is 3.44. The lowest BCUT2D eigenvalue weighted by atomic mass is 9.85. The van der Waals surface area contributed by atoms with Crippen molar-refractivity contribution >= 4 is 28.6 Å². The van der Waals surface area contributed by atoms with Gasteiger partial charge in [-0.25, -0.2) is 9.98 Å². The summed E-state index contributed by atoms with van der Waals surface area (Å²) in [5.41, 5.74) is 3.69. The number of aromatic nitrogens is 2. The molecule has 0 aromatic carbocycles. The van der Waals surface area contributed by atoms with Crippen molar-refractivity contribution < 1.29 is 9.59 Å². The van der Waals surface area contributed by atoms with Crippen LogP contribution in [0.4, 0.5) is 0 Å². The summed E-state index contributed by atoms with van der Waals surface area (Å²) < 4.78 is 1.78. The summed E-state index contributed by atoms with van der Waals surface area (Å²) in [4.78, 5) is 46.4. The van der Waals surface area contributed by atoms with Crippen LogP contribution in [0.25, 0.3) is 11.0 Å². The number of allylic oxidation sites excluding steroid dienone is 3. The molecule has 2 aromatic heterocycles. The highest BCUT2D eigenvalue weighted by Crippen LogP contribution is 2.29. The second-order valence-electron chi connectivity index (χ2n) is 7.52. The first-order chi connectivity index (χ1) is 14.3. The molecular formula is C23H22N4O3. The number of hydrogen-bond donors (Lipinski definition) is 1. The zero-order chi connectivity index (χ0) is 21.6. The molecule has 3 heterocycles. The van der Waals surface area contributed by atoms with Gasteiger partial charge in [-0.05, 0) is 52.0 Å². The monoisotopic (exact) mass is 402 g/mol. The lowest BCUT2D eigenvalue weighted by Gasteiger charge is -2.28. The molecule has 0 saturated carbocycles. The minimum absolute atomic E-state index is 0.00368. The van der Waals surface area contributed by atoms with E-state index in [1.54, 1.807) is 35.8 Å².